The summed E-state index contributed by atoms with van der Waals surface area (Å²) in [4.78, 5) is 2.49. The number of piperidine rings is 1. The van der Waals surface area contributed by atoms with Crippen LogP contribution in [-0.2, 0) is 6.54 Å². The van der Waals surface area contributed by atoms with Gasteiger partial charge in [-0.1, -0.05) is 24.6 Å². The van der Waals surface area contributed by atoms with Gasteiger partial charge < -0.3 is 0 Å². The SMILES string of the molecule is CC1CCC(C)N(Cc2ccc(C#N)cc2Cl)C1. The van der Waals surface area contributed by atoms with Crippen LogP contribution in [-0.4, -0.2) is 17.5 Å². The second kappa shape index (κ2) is 5.73. The van der Waals surface area contributed by atoms with Crippen molar-refractivity contribution >= 4 is 11.6 Å². The predicted octanol–water partition coefficient (Wildman–Crippen LogP) is 3.83. The molecule has 0 amide bonds. The zero-order valence-corrected chi connectivity index (χ0v) is 11.7. The van der Waals surface area contributed by atoms with Gasteiger partial charge in [0.05, 0.1) is 11.6 Å². The molecule has 1 fully saturated rings. The summed E-state index contributed by atoms with van der Waals surface area (Å²) in [5, 5.41) is 9.54. The van der Waals surface area contributed by atoms with Gasteiger partial charge >= 0.3 is 0 Å². The first-order chi connectivity index (χ1) is 8.60. The third-order valence-corrected chi connectivity index (χ3v) is 4.15. The molecule has 1 aromatic carbocycles. The quantitative estimate of drug-likeness (QED) is 0.810. The van der Waals surface area contributed by atoms with E-state index >= 15 is 0 Å². The second-order valence-corrected chi connectivity index (χ2v) is 5.79. The van der Waals surface area contributed by atoms with Crippen molar-refractivity contribution < 1.29 is 0 Å². The molecule has 2 atom stereocenters. The molecule has 3 heteroatoms. The standard InChI is InChI=1S/C15H19ClN2/c1-11-3-4-12(2)18(9-11)10-14-6-5-13(8-17)7-15(14)16/h5-7,11-12H,3-4,9-10H2,1-2H3. The average molecular weight is 263 g/mol. The highest BCUT2D eigenvalue weighted by molar-refractivity contribution is 6.31. The van der Waals surface area contributed by atoms with E-state index in [1.54, 1.807) is 6.07 Å². The van der Waals surface area contributed by atoms with Crippen molar-refractivity contribution in [3.63, 3.8) is 0 Å². The van der Waals surface area contributed by atoms with Crippen molar-refractivity contribution in [2.75, 3.05) is 6.54 Å². The third kappa shape index (κ3) is 3.04. The second-order valence-electron chi connectivity index (χ2n) is 5.38. The molecule has 0 aromatic heterocycles. The van der Waals surface area contributed by atoms with Gasteiger partial charge in [0.1, 0.15) is 0 Å². The first kappa shape index (κ1) is 13.4. The lowest BCUT2D eigenvalue weighted by Crippen LogP contribution is -2.40. The van der Waals surface area contributed by atoms with Crippen LogP contribution in [0.3, 0.4) is 0 Å². The first-order valence-corrected chi connectivity index (χ1v) is 6.90. The summed E-state index contributed by atoms with van der Waals surface area (Å²) < 4.78 is 0. The van der Waals surface area contributed by atoms with Crippen molar-refractivity contribution in [2.24, 2.45) is 5.92 Å². The van der Waals surface area contributed by atoms with E-state index in [0.717, 1.165) is 24.6 Å². The topological polar surface area (TPSA) is 27.0 Å². The Labute approximate surface area is 114 Å². The van der Waals surface area contributed by atoms with E-state index in [1.165, 1.54) is 12.8 Å². The Hall–Kier alpha value is -1.04. The highest BCUT2D eigenvalue weighted by atomic mass is 35.5. The molecule has 2 nitrogen and oxygen atoms in total. The van der Waals surface area contributed by atoms with Crippen molar-refractivity contribution in [3.05, 3.63) is 34.3 Å². The van der Waals surface area contributed by atoms with Gasteiger partial charge in [-0.15, -0.1) is 0 Å². The molecule has 96 valence electrons. The molecule has 1 aromatic rings. The number of rotatable bonds is 2. The number of benzene rings is 1. The third-order valence-electron chi connectivity index (χ3n) is 3.80. The maximum atomic E-state index is 8.83. The summed E-state index contributed by atoms with van der Waals surface area (Å²) in [6.45, 7) is 6.61. The minimum Gasteiger partial charge on any atom is -0.296 e. The molecule has 1 heterocycles. The van der Waals surface area contributed by atoms with Crippen LogP contribution < -0.4 is 0 Å². The Morgan fingerprint density at radius 1 is 1.39 bits per heavy atom. The number of hydrogen-bond donors (Lipinski definition) is 0. The molecule has 0 aliphatic carbocycles. The van der Waals surface area contributed by atoms with Crippen LogP contribution in [0.2, 0.25) is 5.02 Å². The number of halogens is 1. The van der Waals surface area contributed by atoms with Gasteiger partial charge in [0, 0.05) is 24.2 Å². The Morgan fingerprint density at radius 2 is 2.17 bits per heavy atom. The number of likely N-dealkylation sites (tertiary alicyclic amines) is 1. The van der Waals surface area contributed by atoms with E-state index in [-0.39, 0.29) is 0 Å². The Balaban J connectivity index is 2.11. The fourth-order valence-electron chi connectivity index (χ4n) is 2.56. The molecule has 2 rings (SSSR count). The smallest absolute Gasteiger partial charge is 0.0992 e. The summed E-state index contributed by atoms with van der Waals surface area (Å²) in [5.74, 6) is 0.762. The van der Waals surface area contributed by atoms with Crippen LogP contribution in [0.25, 0.3) is 0 Å². The average Bonchev–Trinajstić information content (AvgIpc) is 2.36. The summed E-state index contributed by atoms with van der Waals surface area (Å²) in [5.41, 5.74) is 1.75. The molecular weight excluding hydrogens is 244 g/mol. The highest BCUT2D eigenvalue weighted by Crippen LogP contribution is 2.26. The van der Waals surface area contributed by atoms with Crippen LogP contribution in [0.15, 0.2) is 18.2 Å². The van der Waals surface area contributed by atoms with Crippen LogP contribution in [0.1, 0.15) is 37.8 Å². The summed E-state index contributed by atoms with van der Waals surface area (Å²) in [6, 6.07) is 8.32. The molecule has 1 aliphatic heterocycles. The maximum Gasteiger partial charge on any atom is 0.0992 e. The van der Waals surface area contributed by atoms with Gasteiger partial charge in [-0.05, 0) is 43.4 Å². The van der Waals surface area contributed by atoms with Gasteiger partial charge in [-0.3, -0.25) is 4.90 Å². The fraction of sp³-hybridized carbons (Fsp3) is 0.533. The summed E-state index contributed by atoms with van der Waals surface area (Å²) in [7, 11) is 0. The van der Waals surface area contributed by atoms with E-state index in [0.29, 0.717) is 16.6 Å². The molecule has 18 heavy (non-hydrogen) atoms. The Morgan fingerprint density at radius 3 is 2.83 bits per heavy atom. The summed E-state index contributed by atoms with van der Waals surface area (Å²) >= 11 is 6.23. The van der Waals surface area contributed by atoms with Gasteiger partial charge in [0.2, 0.25) is 0 Å². The normalized spacial score (nSPS) is 24.8. The molecule has 0 saturated carbocycles. The Kier molecular flexibility index (Phi) is 4.27. The van der Waals surface area contributed by atoms with Crippen molar-refractivity contribution in [2.45, 2.75) is 39.3 Å². The number of hydrogen-bond acceptors (Lipinski definition) is 2. The first-order valence-electron chi connectivity index (χ1n) is 6.52. The minimum absolute atomic E-state index is 0.618. The van der Waals surface area contributed by atoms with E-state index in [4.69, 9.17) is 16.9 Å². The fourth-order valence-corrected chi connectivity index (χ4v) is 2.80. The van der Waals surface area contributed by atoms with Crippen LogP contribution in [0, 0.1) is 17.2 Å². The molecule has 1 saturated heterocycles. The lowest BCUT2D eigenvalue weighted by atomic mass is 9.94. The van der Waals surface area contributed by atoms with E-state index in [2.05, 4.69) is 24.8 Å². The molecule has 0 bridgehead atoms. The van der Waals surface area contributed by atoms with E-state index < -0.39 is 0 Å². The molecular formula is C15H19ClN2. The van der Waals surface area contributed by atoms with Gasteiger partial charge in [-0.25, -0.2) is 0 Å². The molecule has 0 spiro atoms. The van der Waals surface area contributed by atoms with Crippen molar-refractivity contribution in [1.82, 2.24) is 4.90 Å². The number of nitrogens with zero attached hydrogens (tertiary/aromatic N) is 2. The van der Waals surface area contributed by atoms with Gasteiger partial charge in [0.25, 0.3) is 0 Å². The monoisotopic (exact) mass is 262 g/mol. The zero-order chi connectivity index (χ0) is 13.1. The van der Waals surface area contributed by atoms with Gasteiger partial charge in [0.15, 0.2) is 0 Å². The van der Waals surface area contributed by atoms with Crippen LogP contribution in [0.4, 0.5) is 0 Å². The zero-order valence-electron chi connectivity index (χ0n) is 11.0. The lowest BCUT2D eigenvalue weighted by Gasteiger charge is -2.37. The van der Waals surface area contributed by atoms with Crippen LogP contribution in [0.5, 0.6) is 0 Å². The van der Waals surface area contributed by atoms with Crippen molar-refractivity contribution in [1.29, 1.82) is 5.26 Å². The number of nitriles is 1. The minimum atomic E-state index is 0.618. The van der Waals surface area contributed by atoms with E-state index in [9.17, 15) is 0 Å². The molecule has 2 unspecified atom stereocenters. The van der Waals surface area contributed by atoms with Crippen LogP contribution >= 0.6 is 11.6 Å². The molecule has 1 aliphatic rings. The Bertz CT molecular complexity index is 464. The predicted molar refractivity (Wildman–Crippen MR) is 74.4 cm³/mol. The molecule has 0 N–H and O–H groups in total. The maximum absolute atomic E-state index is 8.83. The lowest BCUT2D eigenvalue weighted by molar-refractivity contribution is 0.117. The molecule has 0 radical (unpaired) electrons. The van der Waals surface area contributed by atoms with E-state index in [1.807, 2.05) is 12.1 Å². The highest BCUT2D eigenvalue weighted by Gasteiger charge is 2.23. The largest absolute Gasteiger partial charge is 0.296 e. The van der Waals surface area contributed by atoms with Crippen molar-refractivity contribution in [3.8, 4) is 6.07 Å². The van der Waals surface area contributed by atoms with Gasteiger partial charge in [-0.2, -0.15) is 5.26 Å². The summed E-state index contributed by atoms with van der Waals surface area (Å²) in [6.07, 6.45) is 2.58.